The maximum absolute atomic E-state index is 13.8. The maximum Gasteiger partial charge on any atom is 0.271 e. The number of benzene rings is 1. The lowest BCUT2D eigenvalue weighted by atomic mass is 9.91. The lowest BCUT2D eigenvalue weighted by Crippen LogP contribution is -2.64. The van der Waals surface area contributed by atoms with Crippen LogP contribution < -0.4 is 14.8 Å². The van der Waals surface area contributed by atoms with E-state index in [1.54, 1.807) is 11.0 Å². The number of amides is 2. The van der Waals surface area contributed by atoms with Gasteiger partial charge in [-0.1, -0.05) is 25.3 Å². The fourth-order valence-corrected chi connectivity index (χ4v) is 5.52. The Morgan fingerprint density at radius 3 is 2.74 bits per heavy atom. The number of ether oxygens (including phenoxy) is 2. The molecule has 2 aliphatic heterocycles. The molecule has 1 saturated carbocycles. The molecule has 178 valence electrons. The second-order valence-electron chi connectivity index (χ2n) is 9.88. The van der Waals surface area contributed by atoms with E-state index in [0.717, 1.165) is 42.5 Å². The van der Waals surface area contributed by atoms with Crippen LogP contribution in [-0.4, -0.2) is 39.7 Å². The van der Waals surface area contributed by atoms with E-state index in [2.05, 4.69) is 5.32 Å². The molecule has 1 fully saturated rings. The van der Waals surface area contributed by atoms with Gasteiger partial charge in [0.05, 0.1) is 12.1 Å². The molecule has 34 heavy (non-hydrogen) atoms. The molecule has 2 aromatic heterocycles. The first-order chi connectivity index (χ1) is 16.4. The van der Waals surface area contributed by atoms with E-state index >= 15 is 0 Å². The Kier molecular flexibility index (Phi) is 4.86. The molecule has 3 aliphatic rings. The number of nitrogens with zero attached hydrogens (tertiary/aromatic N) is 2. The lowest BCUT2D eigenvalue weighted by Gasteiger charge is -2.44. The molecule has 3 aromatic rings. The van der Waals surface area contributed by atoms with E-state index in [4.69, 9.17) is 13.9 Å². The molecule has 6 rings (SSSR count). The number of aryl methyl sites for hydroxylation is 1. The summed E-state index contributed by atoms with van der Waals surface area (Å²) in [5.41, 5.74) is 1.88. The second-order valence-corrected chi connectivity index (χ2v) is 9.88. The Bertz CT molecular complexity index is 1290. The van der Waals surface area contributed by atoms with Gasteiger partial charge < -0.3 is 28.7 Å². The van der Waals surface area contributed by atoms with Crippen molar-refractivity contribution in [3.05, 3.63) is 47.3 Å². The van der Waals surface area contributed by atoms with Gasteiger partial charge in [-0.3, -0.25) is 9.59 Å². The minimum atomic E-state index is -1.06. The van der Waals surface area contributed by atoms with Gasteiger partial charge >= 0.3 is 0 Å². The predicted octanol–water partition coefficient (Wildman–Crippen LogP) is 4.14. The quantitative estimate of drug-likeness (QED) is 0.629. The van der Waals surface area contributed by atoms with Crippen LogP contribution in [0.1, 0.15) is 60.8 Å². The summed E-state index contributed by atoms with van der Waals surface area (Å²) in [4.78, 5) is 29.4. The van der Waals surface area contributed by atoms with Gasteiger partial charge in [0.2, 0.25) is 12.7 Å². The first kappa shape index (κ1) is 21.1. The number of aromatic nitrogens is 1. The number of carbonyl (C=O) groups is 2. The number of rotatable bonds is 4. The largest absolute Gasteiger partial charge is 0.460 e. The van der Waals surface area contributed by atoms with Crippen LogP contribution in [0, 0.1) is 6.92 Å². The van der Waals surface area contributed by atoms with Gasteiger partial charge in [0, 0.05) is 24.7 Å². The fourth-order valence-electron chi connectivity index (χ4n) is 5.52. The third-order valence-corrected chi connectivity index (χ3v) is 7.45. The number of fused-ring (bicyclic) bond motifs is 4. The first-order valence-electron chi connectivity index (χ1n) is 12.0. The smallest absolute Gasteiger partial charge is 0.271 e. The predicted molar refractivity (Wildman–Crippen MR) is 125 cm³/mol. The van der Waals surface area contributed by atoms with Crippen LogP contribution in [0.4, 0.5) is 0 Å². The normalized spacial score (nSPS) is 22.3. The minimum Gasteiger partial charge on any atom is -0.460 e. The zero-order chi connectivity index (χ0) is 23.4. The molecule has 0 radical (unpaired) electrons. The molecule has 8 nitrogen and oxygen atoms in total. The van der Waals surface area contributed by atoms with Gasteiger partial charge in [-0.15, -0.1) is 0 Å². The van der Waals surface area contributed by atoms with Gasteiger partial charge in [-0.25, -0.2) is 0 Å². The molecule has 1 aliphatic carbocycles. The molecule has 1 aromatic carbocycles. The van der Waals surface area contributed by atoms with Crippen molar-refractivity contribution in [3.63, 3.8) is 0 Å². The molecule has 2 amide bonds. The molecular weight excluding hydrogens is 434 g/mol. The van der Waals surface area contributed by atoms with Crippen LogP contribution >= 0.6 is 0 Å². The number of nitrogens with one attached hydrogen (secondary N) is 1. The standard InChI is InChI=1S/C26H29N3O5/c1-16-10-19-22(34-16)12-20-24(30)29(13-17-8-9-21-23(11-17)33-15-32-21)26(2,14-28(19)20)25(31)27-18-6-4-3-5-7-18/h8-12,18H,3-7,13-15H2,1-2H3,(H,27,31). The zero-order valence-electron chi connectivity index (χ0n) is 19.6. The van der Waals surface area contributed by atoms with Crippen LogP contribution in [0.2, 0.25) is 0 Å². The van der Waals surface area contributed by atoms with E-state index < -0.39 is 5.54 Å². The molecule has 0 spiro atoms. The van der Waals surface area contributed by atoms with Crippen LogP contribution in [-0.2, 0) is 17.9 Å². The van der Waals surface area contributed by atoms with Crippen LogP contribution in [0.5, 0.6) is 11.5 Å². The zero-order valence-corrected chi connectivity index (χ0v) is 19.6. The SMILES string of the molecule is Cc1cc2c(cc3n2CC(C)(C(=O)NC2CCCCC2)N(Cc2ccc4c(c2)OCO4)C3=O)o1. The van der Waals surface area contributed by atoms with Crippen molar-refractivity contribution >= 4 is 22.9 Å². The molecule has 1 atom stereocenters. The Labute approximate surface area is 197 Å². The van der Waals surface area contributed by atoms with Crippen molar-refractivity contribution in [2.24, 2.45) is 0 Å². The van der Waals surface area contributed by atoms with Crippen molar-refractivity contribution in [2.45, 2.75) is 70.6 Å². The minimum absolute atomic E-state index is 0.110. The Morgan fingerprint density at radius 2 is 1.91 bits per heavy atom. The molecule has 0 saturated heterocycles. The number of furan rings is 1. The number of hydrogen-bond acceptors (Lipinski definition) is 5. The third kappa shape index (κ3) is 3.35. The number of carbonyl (C=O) groups excluding carboxylic acids is 2. The highest BCUT2D eigenvalue weighted by molar-refractivity contribution is 6.03. The molecule has 1 N–H and O–H groups in total. The van der Waals surface area contributed by atoms with E-state index in [9.17, 15) is 9.59 Å². The molecule has 4 heterocycles. The van der Waals surface area contributed by atoms with Crippen molar-refractivity contribution in [3.8, 4) is 11.5 Å². The van der Waals surface area contributed by atoms with E-state index in [1.807, 2.05) is 42.7 Å². The highest BCUT2D eigenvalue weighted by atomic mass is 16.7. The van der Waals surface area contributed by atoms with Gasteiger partial charge in [0.1, 0.15) is 17.0 Å². The second kappa shape index (κ2) is 7.82. The van der Waals surface area contributed by atoms with E-state index in [-0.39, 0.29) is 31.2 Å². The highest BCUT2D eigenvalue weighted by Gasteiger charge is 2.48. The monoisotopic (exact) mass is 463 g/mol. The van der Waals surface area contributed by atoms with Gasteiger partial charge in [-0.05, 0) is 44.4 Å². The lowest BCUT2D eigenvalue weighted by molar-refractivity contribution is -0.134. The summed E-state index contributed by atoms with van der Waals surface area (Å²) in [6, 6.07) is 9.53. The van der Waals surface area contributed by atoms with Gasteiger partial charge in [0.25, 0.3) is 5.91 Å². The summed E-state index contributed by atoms with van der Waals surface area (Å²) < 4.78 is 18.7. The molecule has 1 unspecified atom stereocenters. The highest BCUT2D eigenvalue weighted by Crippen LogP contribution is 2.37. The summed E-state index contributed by atoms with van der Waals surface area (Å²) in [6.07, 6.45) is 5.43. The van der Waals surface area contributed by atoms with Gasteiger partial charge in [0.15, 0.2) is 17.1 Å². The van der Waals surface area contributed by atoms with Crippen molar-refractivity contribution < 1.29 is 23.5 Å². The van der Waals surface area contributed by atoms with Crippen molar-refractivity contribution in [1.82, 2.24) is 14.8 Å². The number of hydrogen-bond donors (Lipinski definition) is 1. The van der Waals surface area contributed by atoms with Gasteiger partial charge in [-0.2, -0.15) is 0 Å². The average Bonchev–Trinajstić information content (AvgIpc) is 3.52. The Morgan fingerprint density at radius 1 is 1.12 bits per heavy atom. The van der Waals surface area contributed by atoms with Crippen LogP contribution in [0.25, 0.3) is 11.1 Å². The fraction of sp³-hybridized carbons (Fsp3) is 0.462. The first-order valence-corrected chi connectivity index (χ1v) is 12.0. The Hall–Kier alpha value is -3.42. The molecule has 0 bridgehead atoms. The maximum atomic E-state index is 13.8. The van der Waals surface area contributed by atoms with Crippen molar-refractivity contribution in [2.75, 3.05) is 6.79 Å². The Balaban J connectivity index is 1.38. The van der Waals surface area contributed by atoms with E-state index in [0.29, 0.717) is 29.3 Å². The summed E-state index contributed by atoms with van der Waals surface area (Å²) in [5, 5.41) is 3.27. The third-order valence-electron chi connectivity index (χ3n) is 7.45. The average molecular weight is 464 g/mol. The van der Waals surface area contributed by atoms with E-state index in [1.165, 1.54) is 6.42 Å². The molecular formula is C26H29N3O5. The summed E-state index contributed by atoms with van der Waals surface area (Å²) >= 11 is 0. The van der Waals surface area contributed by atoms with Crippen LogP contribution in [0.15, 0.2) is 34.7 Å². The molecule has 8 heteroatoms. The summed E-state index contributed by atoms with van der Waals surface area (Å²) in [5.74, 6) is 1.84. The summed E-state index contributed by atoms with van der Waals surface area (Å²) in [6.45, 7) is 4.60. The van der Waals surface area contributed by atoms with Crippen LogP contribution in [0.3, 0.4) is 0 Å². The summed E-state index contributed by atoms with van der Waals surface area (Å²) in [7, 11) is 0. The van der Waals surface area contributed by atoms with Crippen molar-refractivity contribution in [1.29, 1.82) is 0 Å². The topological polar surface area (TPSA) is 85.9 Å².